The predicted octanol–water partition coefficient (Wildman–Crippen LogP) is 1.95. The molecule has 1 rings (SSSR count). The van der Waals surface area contributed by atoms with Crippen LogP contribution >= 0.6 is 0 Å². The van der Waals surface area contributed by atoms with Crippen molar-refractivity contribution >= 4 is 0 Å². The van der Waals surface area contributed by atoms with E-state index >= 15 is 0 Å². The van der Waals surface area contributed by atoms with Crippen LogP contribution in [0.15, 0.2) is 18.2 Å². The van der Waals surface area contributed by atoms with Gasteiger partial charge in [-0.1, -0.05) is 6.07 Å². The van der Waals surface area contributed by atoms with Gasteiger partial charge < -0.3 is 10.2 Å². The molecule has 0 aliphatic heterocycles. The molecule has 5 heteroatoms. The van der Waals surface area contributed by atoms with Gasteiger partial charge in [0.05, 0.1) is 5.56 Å². The van der Waals surface area contributed by atoms with Crippen LogP contribution in [-0.2, 0) is 12.6 Å². The van der Waals surface area contributed by atoms with E-state index in [9.17, 15) is 18.3 Å². The smallest absolute Gasteiger partial charge is 0.416 e. The van der Waals surface area contributed by atoms with Gasteiger partial charge in [-0.25, -0.2) is 0 Å². The van der Waals surface area contributed by atoms with E-state index in [1.807, 2.05) is 0 Å². The number of phenolic OH excluding ortho intramolecular Hbond substituents is 1. The molecule has 78 valence electrons. The number of aromatic hydroxyl groups is 1. The molecule has 0 aliphatic carbocycles. The van der Waals surface area contributed by atoms with E-state index in [0.29, 0.717) is 11.6 Å². The Kier molecular flexibility index (Phi) is 3.00. The molecule has 0 radical (unpaired) electrons. The molecule has 1 aromatic rings. The number of hydrogen-bond acceptors (Lipinski definition) is 2. The number of benzene rings is 1. The molecular formula is C9H9F3O2. The molecule has 0 unspecified atom stereocenters. The zero-order valence-corrected chi connectivity index (χ0v) is 7.17. The Balaban J connectivity index is 3.01. The zero-order chi connectivity index (χ0) is 10.8. The van der Waals surface area contributed by atoms with Crippen LogP contribution in [-0.4, -0.2) is 16.8 Å². The monoisotopic (exact) mass is 206 g/mol. The predicted molar refractivity (Wildman–Crippen MR) is 43.9 cm³/mol. The third kappa shape index (κ3) is 2.38. The molecule has 0 amide bonds. The van der Waals surface area contributed by atoms with Gasteiger partial charge in [-0.2, -0.15) is 13.2 Å². The molecule has 2 N–H and O–H groups in total. The second-order valence-corrected chi connectivity index (χ2v) is 2.81. The number of halogens is 3. The molecule has 0 saturated carbocycles. The third-order valence-corrected chi connectivity index (χ3v) is 1.79. The van der Waals surface area contributed by atoms with Crippen molar-refractivity contribution in [2.24, 2.45) is 0 Å². The molecule has 0 fully saturated rings. The lowest BCUT2D eigenvalue weighted by atomic mass is 10.1. The normalized spacial score (nSPS) is 11.7. The first-order valence-corrected chi connectivity index (χ1v) is 3.95. The Morgan fingerprint density at radius 3 is 2.29 bits per heavy atom. The maximum atomic E-state index is 12.1. The Bertz CT molecular complexity index is 320. The minimum atomic E-state index is -4.45. The van der Waals surface area contributed by atoms with Gasteiger partial charge in [0.15, 0.2) is 0 Å². The lowest BCUT2D eigenvalue weighted by molar-refractivity contribution is -0.137. The SMILES string of the molecule is OCCc1ccc(C(F)(F)F)cc1O. The first-order valence-electron chi connectivity index (χ1n) is 3.95. The minimum absolute atomic E-state index is 0.143. The molecule has 0 aliphatic rings. The van der Waals surface area contributed by atoms with Crippen LogP contribution in [0.25, 0.3) is 0 Å². The highest BCUT2D eigenvalue weighted by Crippen LogP contribution is 2.32. The summed E-state index contributed by atoms with van der Waals surface area (Å²) in [7, 11) is 0. The van der Waals surface area contributed by atoms with Crippen molar-refractivity contribution in [2.75, 3.05) is 6.61 Å². The van der Waals surface area contributed by atoms with Crippen LogP contribution in [0.3, 0.4) is 0 Å². The topological polar surface area (TPSA) is 40.5 Å². The summed E-state index contributed by atoms with van der Waals surface area (Å²) in [5.41, 5.74) is -0.586. The van der Waals surface area contributed by atoms with Crippen molar-refractivity contribution in [3.05, 3.63) is 29.3 Å². The molecule has 2 nitrogen and oxygen atoms in total. The van der Waals surface area contributed by atoms with Gasteiger partial charge in [0, 0.05) is 6.61 Å². The number of alkyl halides is 3. The van der Waals surface area contributed by atoms with E-state index in [4.69, 9.17) is 5.11 Å². The standard InChI is InChI=1S/C9H9F3O2/c10-9(11,12)7-2-1-6(3-4-13)8(14)5-7/h1-2,5,13-14H,3-4H2. The van der Waals surface area contributed by atoms with E-state index in [2.05, 4.69) is 0 Å². The van der Waals surface area contributed by atoms with Crippen molar-refractivity contribution in [1.82, 2.24) is 0 Å². The summed E-state index contributed by atoms with van der Waals surface area (Å²) in [6, 6.07) is 2.70. The van der Waals surface area contributed by atoms with Gasteiger partial charge in [0.1, 0.15) is 5.75 Å². The van der Waals surface area contributed by atoms with Crippen LogP contribution in [0, 0.1) is 0 Å². The van der Waals surface area contributed by atoms with E-state index in [0.717, 1.165) is 12.1 Å². The summed E-state index contributed by atoms with van der Waals surface area (Å²) in [6.07, 6.45) is -4.31. The summed E-state index contributed by atoms with van der Waals surface area (Å²) < 4.78 is 36.4. The molecule has 0 saturated heterocycles. The van der Waals surface area contributed by atoms with Gasteiger partial charge in [0.2, 0.25) is 0 Å². The summed E-state index contributed by atoms with van der Waals surface area (Å²) in [4.78, 5) is 0. The maximum absolute atomic E-state index is 12.1. The van der Waals surface area contributed by atoms with Crippen molar-refractivity contribution < 1.29 is 23.4 Å². The van der Waals surface area contributed by atoms with Crippen molar-refractivity contribution in [2.45, 2.75) is 12.6 Å². The molecule has 0 bridgehead atoms. The highest BCUT2D eigenvalue weighted by atomic mass is 19.4. The van der Waals surface area contributed by atoms with Crippen LogP contribution in [0.1, 0.15) is 11.1 Å². The number of phenols is 1. The largest absolute Gasteiger partial charge is 0.508 e. The van der Waals surface area contributed by atoms with Crippen molar-refractivity contribution in [3.63, 3.8) is 0 Å². The number of aliphatic hydroxyl groups is 1. The van der Waals surface area contributed by atoms with E-state index in [1.54, 1.807) is 0 Å². The fourth-order valence-corrected chi connectivity index (χ4v) is 1.07. The van der Waals surface area contributed by atoms with Gasteiger partial charge in [-0.05, 0) is 24.1 Å². The van der Waals surface area contributed by atoms with Gasteiger partial charge in [-0.3, -0.25) is 0 Å². The average Bonchev–Trinajstić information content (AvgIpc) is 2.07. The number of hydrogen-bond donors (Lipinski definition) is 2. The third-order valence-electron chi connectivity index (χ3n) is 1.79. The fraction of sp³-hybridized carbons (Fsp3) is 0.333. The summed E-state index contributed by atoms with van der Waals surface area (Å²) in [5, 5.41) is 17.7. The second-order valence-electron chi connectivity index (χ2n) is 2.81. The average molecular weight is 206 g/mol. The fourth-order valence-electron chi connectivity index (χ4n) is 1.07. The lowest BCUT2D eigenvalue weighted by Gasteiger charge is -2.09. The van der Waals surface area contributed by atoms with Crippen LogP contribution < -0.4 is 0 Å². The van der Waals surface area contributed by atoms with Crippen molar-refractivity contribution in [1.29, 1.82) is 0 Å². The first kappa shape index (κ1) is 10.8. The summed E-state index contributed by atoms with van der Waals surface area (Å²) in [6.45, 7) is -0.209. The quantitative estimate of drug-likeness (QED) is 0.776. The molecule has 0 atom stereocenters. The molecule has 0 heterocycles. The van der Waals surface area contributed by atoms with Gasteiger partial charge in [0.25, 0.3) is 0 Å². The Morgan fingerprint density at radius 2 is 1.86 bits per heavy atom. The highest BCUT2D eigenvalue weighted by Gasteiger charge is 2.30. The van der Waals surface area contributed by atoms with E-state index in [1.165, 1.54) is 0 Å². The molecule has 14 heavy (non-hydrogen) atoms. The van der Waals surface area contributed by atoms with E-state index in [-0.39, 0.29) is 13.0 Å². The first-order chi connectivity index (χ1) is 6.45. The van der Waals surface area contributed by atoms with Crippen LogP contribution in [0.5, 0.6) is 5.75 Å². The summed E-state index contributed by atoms with van der Waals surface area (Å²) >= 11 is 0. The Hall–Kier alpha value is -1.23. The van der Waals surface area contributed by atoms with Crippen LogP contribution in [0.4, 0.5) is 13.2 Å². The molecule has 0 aromatic heterocycles. The number of aliphatic hydroxyl groups excluding tert-OH is 1. The lowest BCUT2D eigenvalue weighted by Crippen LogP contribution is -2.05. The van der Waals surface area contributed by atoms with Gasteiger partial charge in [-0.15, -0.1) is 0 Å². The van der Waals surface area contributed by atoms with E-state index < -0.39 is 17.5 Å². The van der Waals surface area contributed by atoms with Crippen LogP contribution in [0.2, 0.25) is 0 Å². The summed E-state index contributed by atoms with van der Waals surface area (Å²) in [5.74, 6) is -0.436. The van der Waals surface area contributed by atoms with Gasteiger partial charge >= 0.3 is 6.18 Å². The Labute approximate surface area is 78.6 Å². The highest BCUT2D eigenvalue weighted by molar-refractivity contribution is 5.37. The Morgan fingerprint density at radius 1 is 1.21 bits per heavy atom. The minimum Gasteiger partial charge on any atom is -0.508 e. The molecule has 0 spiro atoms. The molecular weight excluding hydrogens is 197 g/mol. The molecule has 1 aromatic carbocycles. The maximum Gasteiger partial charge on any atom is 0.416 e. The van der Waals surface area contributed by atoms with Crippen molar-refractivity contribution in [3.8, 4) is 5.75 Å². The zero-order valence-electron chi connectivity index (χ0n) is 7.17. The second kappa shape index (κ2) is 3.88. The number of rotatable bonds is 2.